The Hall–Kier alpha value is -3.29. The zero-order valence-electron chi connectivity index (χ0n) is 16.6. The highest BCUT2D eigenvalue weighted by molar-refractivity contribution is 5.94. The summed E-state index contributed by atoms with van der Waals surface area (Å²) in [6, 6.07) is 7.29. The fourth-order valence-electron chi connectivity index (χ4n) is 3.34. The lowest BCUT2D eigenvalue weighted by atomic mass is 10.1. The molecule has 0 aliphatic heterocycles. The molecular formula is C21H25N3O5. The van der Waals surface area contributed by atoms with E-state index in [1.165, 1.54) is 26.0 Å². The van der Waals surface area contributed by atoms with Crippen LogP contribution < -0.4 is 14.8 Å². The van der Waals surface area contributed by atoms with Gasteiger partial charge in [0.05, 0.1) is 26.5 Å². The molecule has 1 N–H and O–H groups in total. The van der Waals surface area contributed by atoms with E-state index in [9.17, 15) is 9.59 Å². The predicted molar refractivity (Wildman–Crippen MR) is 108 cm³/mol. The molecule has 1 heterocycles. The molecule has 1 amide bonds. The van der Waals surface area contributed by atoms with Crippen LogP contribution in [0.1, 0.15) is 37.3 Å². The zero-order valence-corrected chi connectivity index (χ0v) is 16.6. The first-order valence-corrected chi connectivity index (χ1v) is 9.51. The number of nitrogens with zero attached hydrogens (tertiary/aromatic N) is 2. The largest absolute Gasteiger partial charge is 0.497 e. The number of carbonyl (C=O) groups excluding carboxylic acids is 2. The van der Waals surface area contributed by atoms with Gasteiger partial charge in [-0.05, 0) is 37.1 Å². The van der Waals surface area contributed by atoms with Crippen molar-refractivity contribution < 1.29 is 23.8 Å². The molecule has 0 atom stereocenters. The van der Waals surface area contributed by atoms with Crippen LogP contribution in [0.25, 0.3) is 6.08 Å². The molecule has 154 valence electrons. The Morgan fingerprint density at radius 2 is 2.00 bits per heavy atom. The normalized spacial score (nSPS) is 14.1. The molecule has 0 bridgehead atoms. The monoisotopic (exact) mass is 399 g/mol. The number of hydrogen-bond acceptors (Lipinski definition) is 6. The summed E-state index contributed by atoms with van der Waals surface area (Å²) in [5, 5.41) is 7.05. The summed E-state index contributed by atoms with van der Waals surface area (Å²) in [6.07, 6.45) is 8.89. The summed E-state index contributed by atoms with van der Waals surface area (Å²) in [4.78, 5) is 24.1. The first-order chi connectivity index (χ1) is 14.1. The number of hydrogen-bond donors (Lipinski definition) is 1. The van der Waals surface area contributed by atoms with Gasteiger partial charge >= 0.3 is 5.97 Å². The van der Waals surface area contributed by atoms with E-state index in [1.54, 1.807) is 43.6 Å². The Kier molecular flexibility index (Phi) is 6.89. The molecule has 29 heavy (non-hydrogen) atoms. The van der Waals surface area contributed by atoms with Crippen LogP contribution in [0.15, 0.2) is 36.5 Å². The molecule has 3 rings (SSSR count). The van der Waals surface area contributed by atoms with E-state index in [-0.39, 0.29) is 6.61 Å². The molecule has 1 aliphatic carbocycles. The van der Waals surface area contributed by atoms with Crippen LogP contribution in [-0.4, -0.2) is 42.5 Å². The molecule has 0 saturated heterocycles. The number of nitrogens with one attached hydrogen (secondary N) is 1. The number of aromatic nitrogens is 2. The maximum Gasteiger partial charge on any atom is 0.331 e. The average Bonchev–Trinajstić information content (AvgIpc) is 3.42. The van der Waals surface area contributed by atoms with Crippen LogP contribution in [-0.2, 0) is 14.3 Å². The molecule has 1 saturated carbocycles. The topological polar surface area (TPSA) is 91.7 Å². The van der Waals surface area contributed by atoms with Crippen molar-refractivity contribution >= 4 is 23.8 Å². The number of rotatable bonds is 8. The van der Waals surface area contributed by atoms with Gasteiger partial charge in [-0.3, -0.25) is 4.79 Å². The van der Waals surface area contributed by atoms with Gasteiger partial charge in [-0.15, -0.1) is 0 Å². The lowest BCUT2D eigenvalue weighted by Crippen LogP contribution is -2.22. The molecular weight excluding hydrogens is 374 g/mol. The molecule has 8 nitrogen and oxygen atoms in total. The minimum Gasteiger partial charge on any atom is -0.497 e. The Morgan fingerprint density at radius 3 is 2.72 bits per heavy atom. The van der Waals surface area contributed by atoms with Gasteiger partial charge in [0.2, 0.25) is 0 Å². The highest BCUT2D eigenvalue weighted by atomic mass is 16.5. The summed E-state index contributed by atoms with van der Waals surface area (Å²) in [5.74, 6) is 0.805. The molecule has 1 aromatic carbocycles. The Balaban J connectivity index is 1.53. The highest BCUT2D eigenvalue weighted by Gasteiger charge is 2.20. The quantitative estimate of drug-likeness (QED) is 0.541. The lowest BCUT2D eigenvalue weighted by molar-refractivity contribution is -0.142. The zero-order chi connectivity index (χ0) is 20.6. The van der Waals surface area contributed by atoms with Crippen LogP contribution in [0.3, 0.4) is 0 Å². The molecule has 0 unspecified atom stereocenters. The summed E-state index contributed by atoms with van der Waals surface area (Å²) in [7, 11) is 3.10. The number of ether oxygens (including phenoxy) is 3. The van der Waals surface area contributed by atoms with Gasteiger partial charge in [0, 0.05) is 17.7 Å². The van der Waals surface area contributed by atoms with Gasteiger partial charge < -0.3 is 19.5 Å². The van der Waals surface area contributed by atoms with Gasteiger partial charge in [0.25, 0.3) is 5.91 Å². The van der Waals surface area contributed by atoms with E-state index < -0.39 is 11.9 Å². The van der Waals surface area contributed by atoms with E-state index in [0.29, 0.717) is 28.9 Å². The number of anilines is 1. The number of carbonyl (C=O) groups is 2. The predicted octanol–water partition coefficient (Wildman–Crippen LogP) is 3.21. The molecule has 8 heteroatoms. The molecule has 1 fully saturated rings. The number of esters is 1. The molecule has 0 radical (unpaired) electrons. The van der Waals surface area contributed by atoms with Crippen molar-refractivity contribution in [1.82, 2.24) is 9.78 Å². The summed E-state index contributed by atoms with van der Waals surface area (Å²) in [6.45, 7) is -0.381. The second-order valence-corrected chi connectivity index (χ2v) is 6.70. The van der Waals surface area contributed by atoms with Gasteiger partial charge in [0.15, 0.2) is 6.61 Å². The maximum absolute atomic E-state index is 12.2. The van der Waals surface area contributed by atoms with Gasteiger partial charge in [-0.1, -0.05) is 12.8 Å². The van der Waals surface area contributed by atoms with Crippen molar-refractivity contribution in [2.45, 2.75) is 31.7 Å². The minimum atomic E-state index is -0.630. The summed E-state index contributed by atoms with van der Waals surface area (Å²) in [5.41, 5.74) is 0.661. The highest BCUT2D eigenvalue weighted by Crippen LogP contribution is 2.31. The SMILES string of the molecule is COc1ccc(OC)c(/C=C/C(=O)OCC(=O)Nc2ccnn2C2CCCC2)c1. The van der Waals surface area contributed by atoms with Crippen molar-refractivity contribution in [3.05, 3.63) is 42.1 Å². The van der Waals surface area contributed by atoms with Crippen molar-refractivity contribution in [1.29, 1.82) is 0 Å². The van der Waals surface area contributed by atoms with E-state index in [0.717, 1.165) is 12.8 Å². The van der Waals surface area contributed by atoms with Crippen molar-refractivity contribution in [2.24, 2.45) is 0 Å². The van der Waals surface area contributed by atoms with Crippen LogP contribution >= 0.6 is 0 Å². The van der Waals surface area contributed by atoms with Gasteiger partial charge in [0.1, 0.15) is 17.3 Å². The van der Waals surface area contributed by atoms with Crippen molar-refractivity contribution in [3.63, 3.8) is 0 Å². The first-order valence-electron chi connectivity index (χ1n) is 9.51. The number of benzene rings is 1. The fraction of sp³-hybridized carbons (Fsp3) is 0.381. The Bertz CT molecular complexity index is 884. The minimum absolute atomic E-state index is 0.309. The van der Waals surface area contributed by atoms with E-state index in [2.05, 4.69) is 10.4 Å². The summed E-state index contributed by atoms with van der Waals surface area (Å²) >= 11 is 0. The molecule has 1 aliphatic rings. The maximum atomic E-state index is 12.2. The smallest absolute Gasteiger partial charge is 0.331 e. The molecule has 1 aromatic heterocycles. The van der Waals surface area contributed by atoms with Crippen LogP contribution in [0, 0.1) is 0 Å². The Labute approximate surface area is 169 Å². The van der Waals surface area contributed by atoms with E-state index >= 15 is 0 Å². The number of methoxy groups -OCH3 is 2. The lowest BCUT2D eigenvalue weighted by Gasteiger charge is -2.14. The summed E-state index contributed by atoms with van der Waals surface area (Å²) < 4.78 is 17.3. The van der Waals surface area contributed by atoms with Crippen molar-refractivity contribution in [3.8, 4) is 11.5 Å². The van der Waals surface area contributed by atoms with Gasteiger partial charge in [-0.25, -0.2) is 9.48 Å². The number of amides is 1. The Morgan fingerprint density at radius 1 is 1.21 bits per heavy atom. The second-order valence-electron chi connectivity index (χ2n) is 6.70. The van der Waals surface area contributed by atoms with E-state index in [4.69, 9.17) is 14.2 Å². The van der Waals surface area contributed by atoms with Crippen LogP contribution in [0.2, 0.25) is 0 Å². The third kappa shape index (κ3) is 5.37. The third-order valence-electron chi connectivity index (χ3n) is 4.79. The van der Waals surface area contributed by atoms with Crippen LogP contribution in [0.5, 0.6) is 11.5 Å². The standard InChI is InChI=1S/C21H25N3O5/c1-27-17-8-9-18(28-2)15(13-17)7-10-21(26)29-14-20(25)23-19-11-12-22-24(19)16-5-3-4-6-16/h7-13,16H,3-6,14H2,1-2H3,(H,23,25)/b10-7+. The van der Waals surface area contributed by atoms with Crippen LogP contribution in [0.4, 0.5) is 5.82 Å². The van der Waals surface area contributed by atoms with E-state index in [1.807, 2.05) is 4.68 Å². The molecule has 0 spiro atoms. The van der Waals surface area contributed by atoms with Gasteiger partial charge in [-0.2, -0.15) is 5.10 Å². The first kappa shape index (κ1) is 20.4. The fourth-order valence-corrected chi connectivity index (χ4v) is 3.34. The van der Waals surface area contributed by atoms with Crippen molar-refractivity contribution in [2.75, 3.05) is 26.1 Å². The third-order valence-corrected chi connectivity index (χ3v) is 4.79. The average molecular weight is 399 g/mol. The second kappa shape index (κ2) is 9.77. The molecule has 2 aromatic rings.